The van der Waals surface area contributed by atoms with E-state index in [-0.39, 0.29) is 0 Å². The summed E-state index contributed by atoms with van der Waals surface area (Å²) in [6, 6.07) is 6.18. The van der Waals surface area contributed by atoms with E-state index in [0.29, 0.717) is 23.5 Å². The molecule has 3 nitrogen and oxygen atoms in total. The second-order valence-corrected chi connectivity index (χ2v) is 6.58. The van der Waals surface area contributed by atoms with E-state index in [2.05, 4.69) is 19.9 Å². The van der Waals surface area contributed by atoms with Crippen molar-refractivity contribution in [1.82, 2.24) is 0 Å². The number of nitrogens with zero attached hydrogens (tertiary/aromatic N) is 1. The van der Waals surface area contributed by atoms with Gasteiger partial charge in [0.1, 0.15) is 17.6 Å². The van der Waals surface area contributed by atoms with Crippen molar-refractivity contribution in [2.75, 3.05) is 0 Å². The van der Waals surface area contributed by atoms with Crippen LogP contribution in [-0.2, 0) is 0 Å². The molecule has 0 radical (unpaired) electrons. The number of nitriles is 1. The van der Waals surface area contributed by atoms with Crippen molar-refractivity contribution in [3.05, 3.63) is 23.7 Å². The third-order valence-electron chi connectivity index (χ3n) is 4.93. The third-order valence-corrected chi connectivity index (χ3v) is 4.93. The van der Waals surface area contributed by atoms with Gasteiger partial charge in [0.15, 0.2) is 0 Å². The lowest BCUT2D eigenvalue weighted by Gasteiger charge is -2.25. The summed E-state index contributed by atoms with van der Waals surface area (Å²) in [5, 5.41) is 20.0. The number of furan rings is 1. The predicted octanol–water partition coefficient (Wildman–Crippen LogP) is 3.77. The van der Waals surface area contributed by atoms with Crippen molar-refractivity contribution in [2.45, 2.75) is 51.6 Å². The van der Waals surface area contributed by atoms with Crippen LogP contribution in [0.3, 0.4) is 0 Å². The summed E-state index contributed by atoms with van der Waals surface area (Å²) in [6.07, 6.45) is 2.93. The van der Waals surface area contributed by atoms with Gasteiger partial charge in [-0.25, -0.2) is 0 Å². The lowest BCUT2D eigenvalue weighted by molar-refractivity contribution is 0.0446. The highest BCUT2D eigenvalue weighted by Gasteiger charge is 2.46. The van der Waals surface area contributed by atoms with Crippen molar-refractivity contribution >= 4 is 0 Å². The average Bonchev–Trinajstić information content (AvgIpc) is 2.85. The Morgan fingerprint density at radius 1 is 1.47 bits per heavy atom. The molecule has 2 aliphatic rings. The average molecular weight is 259 g/mol. The van der Waals surface area contributed by atoms with Crippen molar-refractivity contribution < 1.29 is 9.52 Å². The number of rotatable bonds is 3. The van der Waals surface area contributed by atoms with Gasteiger partial charge in [0.2, 0.25) is 0 Å². The van der Waals surface area contributed by atoms with Crippen LogP contribution in [0.4, 0.5) is 0 Å². The predicted molar refractivity (Wildman–Crippen MR) is 71.3 cm³/mol. The number of hydrogen-bond donors (Lipinski definition) is 1. The zero-order chi connectivity index (χ0) is 13.6. The van der Waals surface area contributed by atoms with Crippen LogP contribution >= 0.6 is 0 Å². The maximum Gasteiger partial charge on any atom is 0.134 e. The van der Waals surface area contributed by atoms with Gasteiger partial charge in [0, 0.05) is 5.92 Å². The summed E-state index contributed by atoms with van der Waals surface area (Å²) in [5.41, 5.74) is -0.649. The number of aliphatic hydroxyl groups is 1. The zero-order valence-corrected chi connectivity index (χ0v) is 11.6. The Hall–Kier alpha value is -1.27. The zero-order valence-electron chi connectivity index (χ0n) is 11.6. The molecular weight excluding hydrogens is 238 g/mol. The van der Waals surface area contributed by atoms with E-state index in [1.54, 1.807) is 0 Å². The molecule has 0 aromatic carbocycles. The third kappa shape index (κ3) is 2.08. The highest BCUT2D eigenvalue weighted by molar-refractivity contribution is 5.22. The quantitative estimate of drug-likeness (QED) is 0.899. The number of aliphatic hydroxyl groups excluding tert-OH is 1. The Kier molecular flexibility index (Phi) is 2.94. The molecule has 0 bridgehead atoms. The fourth-order valence-electron chi connectivity index (χ4n) is 3.45. The Balaban J connectivity index is 1.81. The molecule has 5 unspecified atom stereocenters. The lowest BCUT2D eigenvalue weighted by atomic mass is 9.80. The summed E-state index contributed by atoms with van der Waals surface area (Å²) in [5.74, 6) is 3.26. The van der Waals surface area contributed by atoms with E-state index < -0.39 is 11.5 Å². The van der Waals surface area contributed by atoms with Crippen molar-refractivity contribution in [2.24, 2.45) is 17.3 Å². The van der Waals surface area contributed by atoms with Crippen LogP contribution in [0.15, 0.2) is 16.5 Å². The minimum atomic E-state index is -0.787. The molecule has 1 aromatic heterocycles. The first-order chi connectivity index (χ1) is 9.05. The first kappa shape index (κ1) is 12.7. The monoisotopic (exact) mass is 259 g/mol. The van der Waals surface area contributed by atoms with Crippen molar-refractivity contribution in [3.63, 3.8) is 0 Å². The lowest BCUT2D eigenvalue weighted by Crippen LogP contribution is -2.24. The second-order valence-electron chi connectivity index (χ2n) is 6.58. The maximum atomic E-state index is 10.6. The second kappa shape index (κ2) is 4.38. The Bertz CT molecular complexity index is 515. The fourth-order valence-corrected chi connectivity index (χ4v) is 3.45. The molecular formula is C16H21NO2. The first-order valence-electron chi connectivity index (χ1n) is 7.24. The summed E-state index contributed by atoms with van der Waals surface area (Å²) in [7, 11) is 0. The maximum absolute atomic E-state index is 10.6. The highest BCUT2D eigenvalue weighted by atomic mass is 16.4. The summed E-state index contributed by atoms with van der Waals surface area (Å²) in [6.45, 7) is 4.35. The molecule has 19 heavy (non-hydrogen) atoms. The van der Waals surface area contributed by atoms with E-state index in [0.717, 1.165) is 25.0 Å². The van der Waals surface area contributed by atoms with Crippen LogP contribution in [0.2, 0.25) is 0 Å². The number of hydrogen-bond acceptors (Lipinski definition) is 3. The van der Waals surface area contributed by atoms with Gasteiger partial charge < -0.3 is 9.52 Å². The van der Waals surface area contributed by atoms with E-state index in [1.165, 1.54) is 6.42 Å². The molecule has 1 N–H and O–H groups in total. The molecule has 2 saturated carbocycles. The van der Waals surface area contributed by atoms with Gasteiger partial charge in [-0.15, -0.1) is 0 Å². The molecule has 2 aliphatic carbocycles. The smallest absolute Gasteiger partial charge is 0.134 e. The molecule has 3 heteroatoms. The van der Waals surface area contributed by atoms with Gasteiger partial charge in [-0.3, -0.25) is 0 Å². The van der Waals surface area contributed by atoms with Crippen LogP contribution in [0.1, 0.15) is 63.1 Å². The SMILES string of the molecule is CC1CCC(C#N)(C(O)c2ccc(C3CC3C)o2)C1. The normalized spacial score (nSPS) is 38.9. The standard InChI is InChI=1S/C16H21NO2/c1-10-5-6-16(8-10,9-17)15(18)14-4-3-13(19-14)12-7-11(12)2/h3-4,10-12,15,18H,5-8H2,1-2H3. The molecule has 0 amide bonds. The van der Waals surface area contributed by atoms with E-state index >= 15 is 0 Å². The van der Waals surface area contributed by atoms with E-state index in [1.807, 2.05) is 12.1 Å². The van der Waals surface area contributed by atoms with Gasteiger partial charge in [-0.1, -0.05) is 13.8 Å². The molecule has 2 fully saturated rings. The molecule has 3 rings (SSSR count). The molecule has 1 aromatic rings. The van der Waals surface area contributed by atoms with Crippen molar-refractivity contribution in [1.29, 1.82) is 5.26 Å². The Labute approximate surface area is 114 Å². The molecule has 1 heterocycles. The van der Waals surface area contributed by atoms with Gasteiger partial charge in [-0.2, -0.15) is 5.26 Å². The van der Waals surface area contributed by atoms with Crippen LogP contribution in [-0.4, -0.2) is 5.11 Å². The summed E-state index contributed by atoms with van der Waals surface area (Å²) in [4.78, 5) is 0. The minimum Gasteiger partial charge on any atom is -0.463 e. The molecule has 0 saturated heterocycles. The molecule has 0 spiro atoms. The first-order valence-corrected chi connectivity index (χ1v) is 7.24. The van der Waals surface area contributed by atoms with Gasteiger partial charge in [0.25, 0.3) is 0 Å². The van der Waals surface area contributed by atoms with Gasteiger partial charge in [-0.05, 0) is 49.7 Å². The van der Waals surface area contributed by atoms with Gasteiger partial charge >= 0.3 is 0 Å². The van der Waals surface area contributed by atoms with E-state index in [9.17, 15) is 10.4 Å². The van der Waals surface area contributed by atoms with Crippen LogP contribution in [0.5, 0.6) is 0 Å². The van der Waals surface area contributed by atoms with E-state index in [4.69, 9.17) is 4.42 Å². The molecule has 5 atom stereocenters. The Morgan fingerprint density at radius 3 is 2.74 bits per heavy atom. The summed E-state index contributed by atoms with van der Waals surface area (Å²) < 4.78 is 5.81. The Morgan fingerprint density at radius 2 is 2.21 bits per heavy atom. The highest BCUT2D eigenvalue weighted by Crippen LogP contribution is 2.52. The van der Waals surface area contributed by atoms with Gasteiger partial charge in [0.05, 0.1) is 11.5 Å². The van der Waals surface area contributed by atoms with Crippen LogP contribution < -0.4 is 0 Å². The van der Waals surface area contributed by atoms with Crippen LogP contribution in [0, 0.1) is 28.6 Å². The molecule has 102 valence electrons. The largest absolute Gasteiger partial charge is 0.463 e. The topological polar surface area (TPSA) is 57.2 Å². The summed E-state index contributed by atoms with van der Waals surface area (Å²) >= 11 is 0. The van der Waals surface area contributed by atoms with Crippen molar-refractivity contribution in [3.8, 4) is 6.07 Å². The fraction of sp³-hybridized carbons (Fsp3) is 0.688. The minimum absolute atomic E-state index is 0.507. The molecule has 0 aliphatic heterocycles. The van der Waals surface area contributed by atoms with Crippen LogP contribution in [0.25, 0.3) is 0 Å².